The second kappa shape index (κ2) is 6.64. The van der Waals surface area contributed by atoms with Crippen molar-refractivity contribution in [2.24, 2.45) is 11.8 Å². The molecule has 1 aromatic rings. The van der Waals surface area contributed by atoms with E-state index < -0.39 is 0 Å². The lowest BCUT2D eigenvalue weighted by molar-refractivity contribution is 0.442. The van der Waals surface area contributed by atoms with E-state index in [0.29, 0.717) is 17.8 Å². The Morgan fingerprint density at radius 3 is 2.19 bits per heavy atom. The monoisotopic (exact) mass is 220 g/mol. The van der Waals surface area contributed by atoms with Crippen molar-refractivity contribution >= 4 is 0 Å². The summed E-state index contributed by atoms with van der Waals surface area (Å²) < 4.78 is 0. The molecule has 90 valence electrons. The Morgan fingerprint density at radius 1 is 1.06 bits per heavy atom. The van der Waals surface area contributed by atoms with Crippen LogP contribution < -0.4 is 5.32 Å². The fourth-order valence-electron chi connectivity index (χ4n) is 1.88. The number of rotatable bonds is 6. The first kappa shape index (κ1) is 13.2. The van der Waals surface area contributed by atoms with Crippen LogP contribution >= 0.6 is 0 Å². The topological polar surface area (TPSA) is 24.9 Å². The van der Waals surface area contributed by atoms with Crippen LogP contribution in [0.1, 0.15) is 39.2 Å². The van der Waals surface area contributed by atoms with Gasteiger partial charge in [-0.2, -0.15) is 0 Å². The first-order chi connectivity index (χ1) is 7.61. The molecule has 0 radical (unpaired) electrons. The quantitative estimate of drug-likeness (QED) is 0.797. The van der Waals surface area contributed by atoms with Crippen molar-refractivity contribution in [3.8, 4) is 0 Å². The van der Waals surface area contributed by atoms with Gasteiger partial charge in [-0.05, 0) is 42.0 Å². The molecule has 0 saturated heterocycles. The second-order valence-electron chi connectivity index (χ2n) is 5.18. The summed E-state index contributed by atoms with van der Waals surface area (Å²) in [5.41, 5.74) is 1.39. The summed E-state index contributed by atoms with van der Waals surface area (Å²) >= 11 is 0. The number of aromatic nitrogens is 1. The van der Waals surface area contributed by atoms with Crippen LogP contribution in [-0.4, -0.2) is 18.1 Å². The van der Waals surface area contributed by atoms with E-state index in [1.165, 1.54) is 5.56 Å². The Balaban J connectivity index is 2.55. The highest BCUT2D eigenvalue weighted by Gasteiger charge is 2.15. The molecule has 0 aliphatic rings. The summed E-state index contributed by atoms with van der Waals surface area (Å²) in [6, 6.07) is 4.25. The number of nitrogens with one attached hydrogen (secondary N) is 1. The van der Waals surface area contributed by atoms with Gasteiger partial charge >= 0.3 is 0 Å². The zero-order valence-electron chi connectivity index (χ0n) is 10.9. The molecular weight excluding hydrogens is 196 g/mol. The van der Waals surface area contributed by atoms with E-state index in [4.69, 9.17) is 0 Å². The van der Waals surface area contributed by atoms with E-state index in [9.17, 15) is 0 Å². The molecule has 1 N–H and O–H groups in total. The molecule has 0 aliphatic carbocycles. The fourth-order valence-corrected chi connectivity index (χ4v) is 1.88. The van der Waals surface area contributed by atoms with Gasteiger partial charge in [0.25, 0.3) is 0 Å². The van der Waals surface area contributed by atoms with Gasteiger partial charge in [0.2, 0.25) is 0 Å². The van der Waals surface area contributed by atoms with E-state index in [-0.39, 0.29) is 0 Å². The summed E-state index contributed by atoms with van der Waals surface area (Å²) in [4.78, 5) is 4.08. The first-order valence-corrected chi connectivity index (χ1v) is 6.22. The number of hydrogen-bond acceptors (Lipinski definition) is 2. The molecule has 1 unspecified atom stereocenters. The third-order valence-electron chi connectivity index (χ3n) is 2.86. The molecule has 0 spiro atoms. The van der Waals surface area contributed by atoms with Crippen molar-refractivity contribution in [2.75, 3.05) is 13.1 Å². The van der Waals surface area contributed by atoms with E-state index in [0.717, 1.165) is 13.1 Å². The maximum atomic E-state index is 4.08. The van der Waals surface area contributed by atoms with Crippen molar-refractivity contribution in [3.63, 3.8) is 0 Å². The van der Waals surface area contributed by atoms with Crippen molar-refractivity contribution in [3.05, 3.63) is 30.1 Å². The molecule has 1 heterocycles. The molecule has 1 atom stereocenters. The molecule has 0 aromatic carbocycles. The molecule has 16 heavy (non-hydrogen) atoms. The Hall–Kier alpha value is -0.890. The second-order valence-corrected chi connectivity index (χ2v) is 5.18. The molecule has 1 aromatic heterocycles. The van der Waals surface area contributed by atoms with Crippen LogP contribution in [0.25, 0.3) is 0 Å². The van der Waals surface area contributed by atoms with E-state index in [2.05, 4.69) is 50.1 Å². The van der Waals surface area contributed by atoms with E-state index in [1.807, 2.05) is 12.4 Å². The molecule has 1 rings (SSSR count). The third-order valence-corrected chi connectivity index (χ3v) is 2.86. The lowest BCUT2D eigenvalue weighted by atomic mass is 9.89. The van der Waals surface area contributed by atoms with Crippen LogP contribution in [0.2, 0.25) is 0 Å². The molecule has 0 aliphatic heterocycles. The Morgan fingerprint density at radius 2 is 1.69 bits per heavy atom. The number of hydrogen-bond donors (Lipinski definition) is 1. The average molecular weight is 220 g/mol. The van der Waals surface area contributed by atoms with Gasteiger partial charge in [-0.1, -0.05) is 27.7 Å². The van der Waals surface area contributed by atoms with Crippen molar-refractivity contribution in [1.82, 2.24) is 10.3 Å². The van der Waals surface area contributed by atoms with Gasteiger partial charge in [-0.25, -0.2) is 0 Å². The summed E-state index contributed by atoms with van der Waals surface area (Å²) in [5.74, 6) is 1.95. The minimum atomic E-state index is 0.585. The van der Waals surface area contributed by atoms with Crippen LogP contribution in [0.15, 0.2) is 24.5 Å². The summed E-state index contributed by atoms with van der Waals surface area (Å²) in [5, 5.41) is 3.54. The Kier molecular flexibility index (Phi) is 5.47. The van der Waals surface area contributed by atoms with Gasteiger partial charge in [0, 0.05) is 18.9 Å². The lowest BCUT2D eigenvalue weighted by Gasteiger charge is -2.22. The number of pyridine rings is 1. The molecule has 0 saturated carbocycles. The van der Waals surface area contributed by atoms with Crippen LogP contribution in [0, 0.1) is 11.8 Å². The zero-order valence-corrected chi connectivity index (χ0v) is 10.9. The van der Waals surface area contributed by atoms with Gasteiger partial charge in [0.05, 0.1) is 0 Å². The number of nitrogens with zero attached hydrogens (tertiary/aromatic N) is 1. The minimum absolute atomic E-state index is 0.585. The molecule has 2 nitrogen and oxygen atoms in total. The highest BCUT2D eigenvalue weighted by Crippen LogP contribution is 2.22. The molecular formula is C14H24N2. The van der Waals surface area contributed by atoms with Crippen LogP contribution in [-0.2, 0) is 0 Å². The third kappa shape index (κ3) is 4.31. The van der Waals surface area contributed by atoms with Crippen LogP contribution in [0.4, 0.5) is 0 Å². The molecule has 0 amide bonds. The normalized spacial score (nSPS) is 13.4. The van der Waals surface area contributed by atoms with Gasteiger partial charge in [0.15, 0.2) is 0 Å². The van der Waals surface area contributed by atoms with Crippen molar-refractivity contribution < 1.29 is 0 Å². The highest BCUT2D eigenvalue weighted by molar-refractivity contribution is 5.16. The molecule has 0 fully saturated rings. The first-order valence-electron chi connectivity index (χ1n) is 6.22. The Bertz CT molecular complexity index is 280. The van der Waals surface area contributed by atoms with Crippen molar-refractivity contribution in [1.29, 1.82) is 0 Å². The standard InChI is InChI=1S/C14H24N2/c1-11(2)9-16-10-14(12(3)4)13-5-7-15-8-6-13/h5-8,11-12,14,16H,9-10H2,1-4H3. The Labute approximate surface area is 99.5 Å². The fraction of sp³-hybridized carbons (Fsp3) is 0.643. The van der Waals surface area contributed by atoms with Gasteiger partial charge in [-0.15, -0.1) is 0 Å². The van der Waals surface area contributed by atoms with Gasteiger partial charge < -0.3 is 5.32 Å². The average Bonchev–Trinajstić information content (AvgIpc) is 2.25. The van der Waals surface area contributed by atoms with Crippen molar-refractivity contribution in [2.45, 2.75) is 33.6 Å². The van der Waals surface area contributed by atoms with E-state index >= 15 is 0 Å². The van der Waals surface area contributed by atoms with E-state index in [1.54, 1.807) is 0 Å². The van der Waals surface area contributed by atoms with Crippen LogP contribution in [0.5, 0.6) is 0 Å². The largest absolute Gasteiger partial charge is 0.316 e. The van der Waals surface area contributed by atoms with Gasteiger partial charge in [0.1, 0.15) is 0 Å². The summed E-state index contributed by atoms with van der Waals surface area (Å²) in [7, 11) is 0. The smallest absolute Gasteiger partial charge is 0.0270 e. The maximum Gasteiger partial charge on any atom is 0.0270 e. The molecule has 0 bridgehead atoms. The summed E-state index contributed by atoms with van der Waals surface area (Å²) in [6.45, 7) is 11.2. The van der Waals surface area contributed by atoms with Crippen LogP contribution in [0.3, 0.4) is 0 Å². The lowest BCUT2D eigenvalue weighted by Crippen LogP contribution is -2.27. The SMILES string of the molecule is CC(C)CNCC(c1ccncc1)C(C)C. The molecule has 2 heteroatoms. The minimum Gasteiger partial charge on any atom is -0.316 e. The summed E-state index contributed by atoms with van der Waals surface area (Å²) in [6.07, 6.45) is 3.76. The highest BCUT2D eigenvalue weighted by atomic mass is 14.9. The maximum absolute atomic E-state index is 4.08. The predicted molar refractivity (Wildman–Crippen MR) is 69.5 cm³/mol. The predicted octanol–water partition coefficient (Wildman–Crippen LogP) is 3.07. The zero-order chi connectivity index (χ0) is 12.0. The van der Waals surface area contributed by atoms with Gasteiger partial charge in [-0.3, -0.25) is 4.98 Å².